The Labute approximate surface area is 113 Å². The SMILES string of the molecule is COc1ccc2c(c1)C(NCCc1ccco1)CC2. The van der Waals surface area contributed by atoms with Crippen LogP contribution < -0.4 is 10.1 Å². The van der Waals surface area contributed by atoms with Gasteiger partial charge in [0.25, 0.3) is 0 Å². The average Bonchev–Trinajstić information content (AvgIpc) is 3.08. The van der Waals surface area contributed by atoms with E-state index < -0.39 is 0 Å². The van der Waals surface area contributed by atoms with Gasteiger partial charge in [0.15, 0.2) is 0 Å². The lowest BCUT2D eigenvalue weighted by atomic mass is 10.1. The predicted molar refractivity (Wildman–Crippen MR) is 74.5 cm³/mol. The van der Waals surface area contributed by atoms with Gasteiger partial charge in [-0.15, -0.1) is 0 Å². The molecule has 0 fully saturated rings. The molecule has 1 N–H and O–H groups in total. The molecule has 1 unspecified atom stereocenters. The summed E-state index contributed by atoms with van der Waals surface area (Å²) in [7, 11) is 1.72. The molecular weight excluding hydrogens is 238 g/mol. The Hall–Kier alpha value is -1.74. The zero-order valence-electron chi connectivity index (χ0n) is 11.2. The van der Waals surface area contributed by atoms with E-state index in [0.717, 1.165) is 30.9 Å². The second-order valence-electron chi connectivity index (χ2n) is 4.94. The third-order valence-electron chi connectivity index (χ3n) is 3.77. The van der Waals surface area contributed by atoms with Gasteiger partial charge in [-0.3, -0.25) is 0 Å². The van der Waals surface area contributed by atoms with Crippen LogP contribution in [0.2, 0.25) is 0 Å². The van der Waals surface area contributed by atoms with Crippen LogP contribution >= 0.6 is 0 Å². The van der Waals surface area contributed by atoms with Crippen molar-refractivity contribution < 1.29 is 9.15 Å². The van der Waals surface area contributed by atoms with E-state index in [1.165, 1.54) is 17.5 Å². The predicted octanol–water partition coefficient (Wildman–Crippen LogP) is 3.11. The third-order valence-corrected chi connectivity index (χ3v) is 3.77. The fourth-order valence-corrected chi connectivity index (χ4v) is 2.74. The van der Waals surface area contributed by atoms with Crippen molar-refractivity contribution in [3.8, 4) is 5.75 Å². The molecule has 1 aromatic heterocycles. The molecule has 19 heavy (non-hydrogen) atoms. The van der Waals surface area contributed by atoms with E-state index in [-0.39, 0.29) is 0 Å². The lowest BCUT2D eigenvalue weighted by Gasteiger charge is -2.14. The van der Waals surface area contributed by atoms with E-state index in [9.17, 15) is 0 Å². The summed E-state index contributed by atoms with van der Waals surface area (Å²) in [4.78, 5) is 0. The Morgan fingerprint density at radius 1 is 1.37 bits per heavy atom. The molecule has 3 heteroatoms. The van der Waals surface area contributed by atoms with E-state index >= 15 is 0 Å². The maximum absolute atomic E-state index is 5.34. The maximum atomic E-state index is 5.34. The van der Waals surface area contributed by atoms with Gasteiger partial charge in [-0.1, -0.05) is 6.07 Å². The van der Waals surface area contributed by atoms with Crippen molar-refractivity contribution in [2.24, 2.45) is 0 Å². The monoisotopic (exact) mass is 257 g/mol. The molecule has 1 heterocycles. The molecular formula is C16H19NO2. The number of rotatable bonds is 5. The molecule has 1 atom stereocenters. The summed E-state index contributed by atoms with van der Waals surface area (Å²) in [5.74, 6) is 1.98. The molecule has 0 spiro atoms. The molecule has 1 aliphatic carbocycles. The van der Waals surface area contributed by atoms with Gasteiger partial charge >= 0.3 is 0 Å². The topological polar surface area (TPSA) is 34.4 Å². The summed E-state index contributed by atoms with van der Waals surface area (Å²) in [5.41, 5.74) is 2.83. The minimum Gasteiger partial charge on any atom is -0.497 e. The third kappa shape index (κ3) is 2.66. The number of fused-ring (bicyclic) bond motifs is 1. The molecule has 0 bridgehead atoms. The number of methoxy groups -OCH3 is 1. The van der Waals surface area contributed by atoms with Gasteiger partial charge in [0.05, 0.1) is 13.4 Å². The molecule has 3 rings (SSSR count). The highest BCUT2D eigenvalue weighted by Crippen LogP contribution is 2.33. The van der Waals surface area contributed by atoms with Gasteiger partial charge in [0.2, 0.25) is 0 Å². The second kappa shape index (κ2) is 5.49. The summed E-state index contributed by atoms with van der Waals surface area (Å²) in [6.45, 7) is 0.939. The molecule has 1 aromatic carbocycles. The lowest BCUT2D eigenvalue weighted by molar-refractivity contribution is 0.413. The van der Waals surface area contributed by atoms with Gasteiger partial charge in [0.1, 0.15) is 11.5 Å². The number of aryl methyl sites for hydroxylation is 1. The van der Waals surface area contributed by atoms with Crippen LogP contribution in [0.25, 0.3) is 0 Å². The Kier molecular flexibility index (Phi) is 3.56. The first-order valence-corrected chi connectivity index (χ1v) is 6.79. The van der Waals surface area contributed by atoms with Crippen molar-refractivity contribution >= 4 is 0 Å². The molecule has 3 nitrogen and oxygen atoms in total. The van der Waals surface area contributed by atoms with Gasteiger partial charge < -0.3 is 14.5 Å². The molecule has 0 saturated carbocycles. The number of nitrogens with one attached hydrogen (secondary N) is 1. The van der Waals surface area contributed by atoms with Crippen LogP contribution in [0.5, 0.6) is 5.75 Å². The highest BCUT2D eigenvalue weighted by atomic mass is 16.5. The van der Waals surface area contributed by atoms with Crippen LogP contribution in [0.3, 0.4) is 0 Å². The number of hydrogen-bond acceptors (Lipinski definition) is 3. The summed E-state index contributed by atoms with van der Waals surface area (Å²) in [5, 5.41) is 3.61. The minimum atomic E-state index is 0.445. The minimum absolute atomic E-state index is 0.445. The van der Waals surface area contributed by atoms with Gasteiger partial charge in [0, 0.05) is 19.0 Å². The summed E-state index contributed by atoms with van der Waals surface area (Å²) in [6, 6.07) is 10.8. The fraction of sp³-hybridized carbons (Fsp3) is 0.375. The normalized spacial score (nSPS) is 17.4. The fourth-order valence-electron chi connectivity index (χ4n) is 2.74. The first-order valence-electron chi connectivity index (χ1n) is 6.79. The summed E-state index contributed by atoms with van der Waals surface area (Å²) >= 11 is 0. The zero-order chi connectivity index (χ0) is 13.1. The number of hydrogen-bond donors (Lipinski definition) is 1. The van der Waals surface area contributed by atoms with Crippen molar-refractivity contribution in [3.05, 3.63) is 53.5 Å². The first-order chi connectivity index (χ1) is 9.36. The Bertz CT molecular complexity index is 534. The molecule has 0 aliphatic heterocycles. The van der Waals surface area contributed by atoms with Gasteiger partial charge in [-0.2, -0.15) is 0 Å². The van der Waals surface area contributed by atoms with E-state index in [0.29, 0.717) is 6.04 Å². The average molecular weight is 257 g/mol. The van der Waals surface area contributed by atoms with E-state index in [1.54, 1.807) is 13.4 Å². The van der Waals surface area contributed by atoms with Crippen LogP contribution in [0.1, 0.15) is 29.3 Å². The molecule has 0 radical (unpaired) electrons. The number of benzene rings is 1. The molecule has 0 saturated heterocycles. The Balaban J connectivity index is 1.62. The van der Waals surface area contributed by atoms with E-state index in [2.05, 4.69) is 17.4 Å². The zero-order valence-corrected chi connectivity index (χ0v) is 11.2. The van der Waals surface area contributed by atoms with Crippen molar-refractivity contribution in [2.75, 3.05) is 13.7 Å². The van der Waals surface area contributed by atoms with E-state index in [1.807, 2.05) is 18.2 Å². The van der Waals surface area contributed by atoms with Crippen LogP contribution in [0.4, 0.5) is 0 Å². The van der Waals surface area contributed by atoms with Gasteiger partial charge in [-0.05, 0) is 48.2 Å². The highest BCUT2D eigenvalue weighted by molar-refractivity contribution is 5.40. The Morgan fingerprint density at radius 2 is 2.32 bits per heavy atom. The van der Waals surface area contributed by atoms with Crippen molar-refractivity contribution in [2.45, 2.75) is 25.3 Å². The standard InChI is InChI=1S/C16H19NO2/c1-18-14-6-4-12-5-7-16(15(12)11-14)17-9-8-13-3-2-10-19-13/h2-4,6,10-11,16-17H,5,7-9H2,1H3. The lowest BCUT2D eigenvalue weighted by Crippen LogP contribution is -2.21. The first kappa shape index (κ1) is 12.3. The van der Waals surface area contributed by atoms with Crippen molar-refractivity contribution in [3.63, 3.8) is 0 Å². The molecule has 0 amide bonds. The highest BCUT2D eigenvalue weighted by Gasteiger charge is 2.22. The summed E-state index contributed by atoms with van der Waals surface area (Å²) < 4.78 is 10.7. The van der Waals surface area contributed by atoms with Crippen molar-refractivity contribution in [1.82, 2.24) is 5.32 Å². The molecule has 100 valence electrons. The quantitative estimate of drug-likeness (QED) is 0.893. The van der Waals surface area contributed by atoms with Crippen LogP contribution in [-0.4, -0.2) is 13.7 Å². The van der Waals surface area contributed by atoms with Crippen molar-refractivity contribution in [1.29, 1.82) is 0 Å². The second-order valence-corrected chi connectivity index (χ2v) is 4.94. The van der Waals surface area contributed by atoms with Crippen LogP contribution in [0.15, 0.2) is 41.0 Å². The van der Waals surface area contributed by atoms with Gasteiger partial charge in [-0.25, -0.2) is 0 Å². The molecule has 1 aliphatic rings. The van der Waals surface area contributed by atoms with Crippen LogP contribution in [-0.2, 0) is 12.8 Å². The van der Waals surface area contributed by atoms with E-state index in [4.69, 9.17) is 9.15 Å². The number of furan rings is 1. The Morgan fingerprint density at radius 3 is 3.11 bits per heavy atom. The van der Waals surface area contributed by atoms with Crippen LogP contribution in [0, 0.1) is 0 Å². The largest absolute Gasteiger partial charge is 0.497 e. The summed E-state index contributed by atoms with van der Waals surface area (Å²) in [6.07, 6.45) is 4.98. The maximum Gasteiger partial charge on any atom is 0.119 e. The smallest absolute Gasteiger partial charge is 0.119 e. The molecule has 2 aromatic rings. The number of ether oxygens (including phenoxy) is 1.